The number of ether oxygens (including phenoxy) is 2. The second kappa shape index (κ2) is 4.69. The smallest absolute Gasteiger partial charge is 0.334 e. The van der Waals surface area contributed by atoms with Crippen LogP contribution in [0.3, 0.4) is 0 Å². The van der Waals surface area contributed by atoms with Crippen LogP contribution in [-0.2, 0) is 19.1 Å². The van der Waals surface area contributed by atoms with Gasteiger partial charge in [0.15, 0.2) is 0 Å². The highest BCUT2D eigenvalue weighted by atomic mass is 16.6. The van der Waals surface area contributed by atoms with Gasteiger partial charge in [-0.1, -0.05) is 27.4 Å². The molecular weight excluding hydrogens is 316 g/mol. The van der Waals surface area contributed by atoms with E-state index in [2.05, 4.69) is 6.58 Å². The average Bonchev–Trinajstić information content (AvgIpc) is 3.28. The molecule has 136 valence electrons. The standard InChI is InChI=1S/C21H28O4/c1-10(20(2,3)4)18(22)25-21-6-5-11(8-21)15-12-7-13(17(15)21)16-14(12)9-24-19(16)23/h11-17H,1,5-9H2,2-4H3. The fourth-order valence-corrected chi connectivity index (χ4v) is 7.24. The fourth-order valence-electron chi connectivity index (χ4n) is 7.24. The van der Waals surface area contributed by atoms with Crippen molar-refractivity contribution < 1.29 is 19.1 Å². The number of hydrogen-bond donors (Lipinski definition) is 0. The molecule has 0 aromatic carbocycles. The average molecular weight is 344 g/mol. The van der Waals surface area contributed by atoms with E-state index in [0.717, 1.165) is 25.7 Å². The van der Waals surface area contributed by atoms with Gasteiger partial charge in [-0.25, -0.2) is 4.79 Å². The number of esters is 2. The summed E-state index contributed by atoms with van der Waals surface area (Å²) in [5.41, 5.74) is -0.0813. The van der Waals surface area contributed by atoms with Crippen LogP contribution in [0.5, 0.6) is 0 Å². The molecule has 4 bridgehead atoms. The lowest BCUT2D eigenvalue weighted by atomic mass is 9.63. The molecule has 0 aromatic heterocycles. The van der Waals surface area contributed by atoms with Crippen LogP contribution in [0.2, 0.25) is 0 Å². The molecule has 0 N–H and O–H groups in total. The van der Waals surface area contributed by atoms with Crippen molar-refractivity contribution in [2.75, 3.05) is 6.61 Å². The first-order chi connectivity index (χ1) is 11.7. The molecule has 4 saturated carbocycles. The second-order valence-electron chi connectivity index (χ2n) is 10.2. The van der Waals surface area contributed by atoms with Crippen molar-refractivity contribution in [1.29, 1.82) is 0 Å². The number of hydrogen-bond acceptors (Lipinski definition) is 4. The third-order valence-corrected chi connectivity index (χ3v) is 8.22. The highest BCUT2D eigenvalue weighted by Crippen LogP contribution is 2.73. The lowest BCUT2D eigenvalue weighted by Gasteiger charge is -2.44. The SMILES string of the molecule is C=C(C(=O)OC12CCC(C1)C1C3CC(C4C(=O)OCC34)C12)C(C)(C)C. The number of carbonyl (C=O) groups is 2. The van der Waals surface area contributed by atoms with Crippen molar-refractivity contribution in [2.24, 2.45) is 46.8 Å². The van der Waals surface area contributed by atoms with Crippen molar-refractivity contribution in [3.8, 4) is 0 Å². The molecule has 4 heteroatoms. The van der Waals surface area contributed by atoms with Crippen LogP contribution in [0, 0.1) is 46.8 Å². The van der Waals surface area contributed by atoms with Crippen LogP contribution in [-0.4, -0.2) is 24.1 Å². The van der Waals surface area contributed by atoms with Gasteiger partial charge in [0, 0.05) is 17.4 Å². The molecule has 8 unspecified atom stereocenters. The highest BCUT2D eigenvalue weighted by molar-refractivity contribution is 5.89. The third-order valence-electron chi connectivity index (χ3n) is 8.22. The van der Waals surface area contributed by atoms with Crippen molar-refractivity contribution in [1.82, 2.24) is 0 Å². The highest BCUT2D eigenvalue weighted by Gasteiger charge is 2.74. The van der Waals surface area contributed by atoms with Gasteiger partial charge in [0.05, 0.1) is 12.5 Å². The maximum Gasteiger partial charge on any atom is 0.334 e. The summed E-state index contributed by atoms with van der Waals surface area (Å²) in [6.07, 6.45) is 4.24. The van der Waals surface area contributed by atoms with Crippen molar-refractivity contribution in [3.05, 3.63) is 12.2 Å². The molecular formula is C21H28O4. The summed E-state index contributed by atoms with van der Waals surface area (Å²) < 4.78 is 11.6. The minimum atomic E-state index is -0.353. The van der Waals surface area contributed by atoms with Gasteiger partial charge in [0.25, 0.3) is 0 Å². The number of carbonyl (C=O) groups excluding carboxylic acids is 2. The Morgan fingerprint density at radius 2 is 2.04 bits per heavy atom. The Kier molecular flexibility index (Phi) is 2.98. The van der Waals surface area contributed by atoms with E-state index < -0.39 is 0 Å². The van der Waals surface area contributed by atoms with Gasteiger partial charge >= 0.3 is 11.9 Å². The minimum Gasteiger partial charge on any atom is -0.465 e. The van der Waals surface area contributed by atoms with Crippen LogP contribution in [0.1, 0.15) is 46.5 Å². The van der Waals surface area contributed by atoms with E-state index in [-0.39, 0.29) is 28.9 Å². The third kappa shape index (κ3) is 1.89. The normalized spacial score (nSPS) is 49.1. The zero-order valence-electron chi connectivity index (χ0n) is 15.4. The lowest BCUT2D eigenvalue weighted by Crippen LogP contribution is -2.48. The Hall–Kier alpha value is -1.32. The van der Waals surface area contributed by atoms with E-state index in [1.165, 1.54) is 0 Å². The first-order valence-corrected chi connectivity index (χ1v) is 9.82. The molecule has 5 fully saturated rings. The summed E-state index contributed by atoms with van der Waals surface area (Å²) in [4.78, 5) is 25.1. The molecule has 0 spiro atoms. The summed E-state index contributed by atoms with van der Waals surface area (Å²) in [5, 5.41) is 0. The molecule has 4 nitrogen and oxygen atoms in total. The first-order valence-electron chi connectivity index (χ1n) is 9.82. The monoisotopic (exact) mass is 344 g/mol. The maximum atomic E-state index is 12.8. The molecule has 0 aromatic rings. The minimum absolute atomic E-state index is 0.000647. The van der Waals surface area contributed by atoms with E-state index in [4.69, 9.17) is 9.47 Å². The molecule has 1 heterocycles. The summed E-state index contributed by atoms with van der Waals surface area (Å²) in [6, 6.07) is 0. The van der Waals surface area contributed by atoms with Crippen LogP contribution in [0.15, 0.2) is 12.2 Å². The molecule has 1 saturated heterocycles. The number of cyclic esters (lactones) is 1. The zero-order valence-corrected chi connectivity index (χ0v) is 15.4. The van der Waals surface area contributed by atoms with Gasteiger partial charge in [-0.2, -0.15) is 0 Å². The van der Waals surface area contributed by atoms with Crippen LogP contribution < -0.4 is 0 Å². The van der Waals surface area contributed by atoms with Gasteiger partial charge in [-0.05, 0) is 54.8 Å². The zero-order chi connectivity index (χ0) is 17.7. The van der Waals surface area contributed by atoms with Crippen LogP contribution in [0.25, 0.3) is 0 Å². The van der Waals surface area contributed by atoms with E-state index in [0.29, 0.717) is 47.7 Å². The summed E-state index contributed by atoms with van der Waals surface area (Å²) in [6.45, 7) is 10.6. The van der Waals surface area contributed by atoms with Crippen molar-refractivity contribution >= 4 is 11.9 Å². The van der Waals surface area contributed by atoms with Crippen LogP contribution >= 0.6 is 0 Å². The van der Waals surface area contributed by atoms with E-state index in [9.17, 15) is 9.59 Å². The Morgan fingerprint density at radius 3 is 2.76 bits per heavy atom. The summed E-state index contributed by atoms with van der Waals surface area (Å²) in [7, 11) is 0. The number of fused-ring (bicyclic) bond motifs is 12. The fraction of sp³-hybridized carbons (Fsp3) is 0.810. The molecule has 0 radical (unpaired) electrons. The Morgan fingerprint density at radius 1 is 1.28 bits per heavy atom. The van der Waals surface area contributed by atoms with E-state index in [1.54, 1.807) is 0 Å². The molecule has 1 aliphatic heterocycles. The molecule has 0 amide bonds. The predicted octanol–water partition coefficient (Wildman–Crippen LogP) is 3.36. The van der Waals surface area contributed by atoms with Gasteiger partial charge in [0.1, 0.15) is 5.60 Å². The summed E-state index contributed by atoms with van der Waals surface area (Å²) >= 11 is 0. The second-order valence-corrected chi connectivity index (χ2v) is 10.2. The molecule has 25 heavy (non-hydrogen) atoms. The topological polar surface area (TPSA) is 52.6 Å². The largest absolute Gasteiger partial charge is 0.465 e. The first kappa shape index (κ1) is 15.9. The van der Waals surface area contributed by atoms with E-state index >= 15 is 0 Å². The Balaban J connectivity index is 1.45. The van der Waals surface area contributed by atoms with Crippen LogP contribution in [0.4, 0.5) is 0 Å². The Bertz CT molecular complexity index is 674. The molecule has 5 aliphatic rings. The van der Waals surface area contributed by atoms with Gasteiger partial charge in [-0.15, -0.1) is 0 Å². The Labute approximate surface area is 149 Å². The molecule has 4 aliphatic carbocycles. The van der Waals surface area contributed by atoms with Gasteiger partial charge in [0.2, 0.25) is 0 Å². The van der Waals surface area contributed by atoms with Crippen molar-refractivity contribution in [3.63, 3.8) is 0 Å². The predicted molar refractivity (Wildman–Crippen MR) is 91.3 cm³/mol. The maximum absolute atomic E-state index is 12.8. The van der Waals surface area contributed by atoms with E-state index in [1.807, 2.05) is 20.8 Å². The van der Waals surface area contributed by atoms with Gasteiger partial charge < -0.3 is 9.47 Å². The number of rotatable bonds is 2. The molecule has 8 atom stereocenters. The summed E-state index contributed by atoms with van der Waals surface area (Å²) in [5.74, 6) is 2.86. The van der Waals surface area contributed by atoms with Gasteiger partial charge in [-0.3, -0.25) is 4.79 Å². The quantitative estimate of drug-likeness (QED) is 0.438. The van der Waals surface area contributed by atoms with Crippen molar-refractivity contribution in [2.45, 2.75) is 52.1 Å². The lowest BCUT2D eigenvalue weighted by molar-refractivity contribution is -0.166. The molecule has 5 rings (SSSR count).